The van der Waals surface area contributed by atoms with Crippen molar-refractivity contribution in [1.82, 2.24) is 19.7 Å². The van der Waals surface area contributed by atoms with Gasteiger partial charge in [0.2, 0.25) is 5.28 Å². The molecule has 0 saturated heterocycles. The first-order valence-electron chi connectivity index (χ1n) is 5.61. The molecule has 0 atom stereocenters. The molecule has 0 aliphatic heterocycles. The van der Waals surface area contributed by atoms with Gasteiger partial charge >= 0.3 is 0 Å². The van der Waals surface area contributed by atoms with Crippen molar-refractivity contribution in [3.63, 3.8) is 0 Å². The predicted molar refractivity (Wildman–Crippen MR) is 71.1 cm³/mol. The van der Waals surface area contributed by atoms with E-state index in [1.54, 1.807) is 4.68 Å². The molecule has 0 radical (unpaired) electrons. The number of para-hydroxylation sites is 1. The molecule has 3 aromatic rings. The number of rotatable bonds is 1. The van der Waals surface area contributed by atoms with E-state index in [2.05, 4.69) is 15.1 Å². The largest absolute Gasteiger partial charge is 0.224 e. The van der Waals surface area contributed by atoms with Crippen molar-refractivity contribution >= 4 is 22.5 Å². The van der Waals surface area contributed by atoms with Crippen molar-refractivity contribution in [1.29, 1.82) is 0 Å². The van der Waals surface area contributed by atoms with Crippen LogP contribution in [0.3, 0.4) is 0 Å². The van der Waals surface area contributed by atoms with Gasteiger partial charge in [-0.15, -0.1) is 0 Å². The van der Waals surface area contributed by atoms with Gasteiger partial charge in [-0.25, -0.2) is 9.67 Å². The van der Waals surface area contributed by atoms with Crippen LogP contribution in [-0.2, 0) is 0 Å². The van der Waals surface area contributed by atoms with Crippen LogP contribution in [0.25, 0.3) is 16.7 Å². The minimum Gasteiger partial charge on any atom is -0.219 e. The quantitative estimate of drug-likeness (QED) is 0.630. The molecule has 0 saturated carbocycles. The van der Waals surface area contributed by atoms with Gasteiger partial charge in [-0.05, 0) is 43.6 Å². The van der Waals surface area contributed by atoms with Crippen molar-refractivity contribution in [3.8, 4) is 5.82 Å². The average Bonchev–Trinajstić information content (AvgIpc) is 2.67. The van der Waals surface area contributed by atoms with Gasteiger partial charge in [-0.3, -0.25) is 0 Å². The Bertz CT molecular complexity index is 733. The van der Waals surface area contributed by atoms with E-state index >= 15 is 0 Å². The molecule has 0 aliphatic rings. The zero-order valence-corrected chi connectivity index (χ0v) is 10.8. The molecule has 90 valence electrons. The van der Waals surface area contributed by atoms with Gasteiger partial charge < -0.3 is 0 Å². The Morgan fingerprint density at radius 3 is 2.61 bits per heavy atom. The molecule has 2 aromatic heterocycles. The van der Waals surface area contributed by atoms with Crippen LogP contribution in [0.15, 0.2) is 30.3 Å². The van der Waals surface area contributed by atoms with Gasteiger partial charge in [-0.2, -0.15) is 10.1 Å². The first-order valence-corrected chi connectivity index (χ1v) is 5.99. The number of hydrogen-bond donors (Lipinski definition) is 0. The molecule has 0 spiro atoms. The third-order valence-electron chi connectivity index (χ3n) is 2.77. The smallest absolute Gasteiger partial charge is 0.219 e. The molecule has 2 heterocycles. The Kier molecular flexibility index (Phi) is 2.52. The molecule has 0 fully saturated rings. The molecule has 1 aromatic carbocycles. The maximum Gasteiger partial charge on any atom is 0.224 e. The monoisotopic (exact) mass is 258 g/mol. The fraction of sp³-hybridized carbons (Fsp3) is 0.154. The summed E-state index contributed by atoms with van der Waals surface area (Å²) in [6, 6.07) is 9.77. The maximum atomic E-state index is 5.97. The van der Waals surface area contributed by atoms with E-state index in [1.807, 2.05) is 44.2 Å². The summed E-state index contributed by atoms with van der Waals surface area (Å²) in [6.07, 6.45) is 0. The second-order valence-electron chi connectivity index (χ2n) is 4.17. The van der Waals surface area contributed by atoms with Gasteiger partial charge in [0.25, 0.3) is 0 Å². The van der Waals surface area contributed by atoms with Gasteiger partial charge in [0.05, 0.1) is 11.2 Å². The van der Waals surface area contributed by atoms with E-state index in [4.69, 9.17) is 11.6 Å². The Morgan fingerprint density at radius 2 is 1.89 bits per heavy atom. The number of fused-ring (bicyclic) bond motifs is 1. The van der Waals surface area contributed by atoms with Crippen LogP contribution < -0.4 is 0 Å². The van der Waals surface area contributed by atoms with Crippen molar-refractivity contribution in [2.45, 2.75) is 13.8 Å². The minimum absolute atomic E-state index is 0.233. The second kappa shape index (κ2) is 4.07. The zero-order valence-electron chi connectivity index (χ0n) is 10.1. The molecule has 0 amide bonds. The van der Waals surface area contributed by atoms with E-state index in [1.165, 1.54) is 0 Å². The van der Waals surface area contributed by atoms with Crippen molar-refractivity contribution in [3.05, 3.63) is 47.0 Å². The van der Waals surface area contributed by atoms with Gasteiger partial charge in [0.15, 0.2) is 5.82 Å². The number of nitrogens with zero attached hydrogens (tertiary/aromatic N) is 4. The van der Waals surface area contributed by atoms with E-state index < -0.39 is 0 Å². The van der Waals surface area contributed by atoms with Crippen LogP contribution >= 0.6 is 11.6 Å². The highest BCUT2D eigenvalue weighted by Gasteiger charge is 2.11. The second-order valence-corrected chi connectivity index (χ2v) is 4.51. The fourth-order valence-corrected chi connectivity index (χ4v) is 2.21. The highest BCUT2D eigenvalue weighted by Crippen LogP contribution is 2.21. The van der Waals surface area contributed by atoms with Gasteiger partial charge in [0.1, 0.15) is 0 Å². The van der Waals surface area contributed by atoms with Crippen LogP contribution in [-0.4, -0.2) is 19.7 Å². The number of hydrogen-bond acceptors (Lipinski definition) is 3. The lowest BCUT2D eigenvalue weighted by molar-refractivity contribution is 0.810. The summed E-state index contributed by atoms with van der Waals surface area (Å²) in [4.78, 5) is 8.51. The Balaban J connectivity index is 2.38. The summed E-state index contributed by atoms with van der Waals surface area (Å²) >= 11 is 5.97. The van der Waals surface area contributed by atoms with Crippen molar-refractivity contribution in [2.24, 2.45) is 0 Å². The normalized spacial score (nSPS) is 11.1. The fourth-order valence-electron chi connectivity index (χ4n) is 2.04. The number of halogens is 1. The third-order valence-corrected chi connectivity index (χ3v) is 2.94. The summed E-state index contributed by atoms with van der Waals surface area (Å²) in [7, 11) is 0. The van der Waals surface area contributed by atoms with E-state index in [0.717, 1.165) is 28.1 Å². The van der Waals surface area contributed by atoms with Crippen LogP contribution in [0.1, 0.15) is 11.4 Å². The van der Waals surface area contributed by atoms with Crippen LogP contribution in [0.2, 0.25) is 5.28 Å². The number of benzene rings is 1. The third kappa shape index (κ3) is 1.75. The molecule has 0 N–H and O–H groups in total. The highest BCUT2D eigenvalue weighted by molar-refractivity contribution is 6.28. The number of aromatic nitrogens is 4. The van der Waals surface area contributed by atoms with Crippen LogP contribution in [0.5, 0.6) is 0 Å². The predicted octanol–water partition coefficient (Wildman–Crippen LogP) is 3.09. The molecule has 0 bridgehead atoms. The summed E-state index contributed by atoms with van der Waals surface area (Å²) in [5, 5.41) is 5.61. The van der Waals surface area contributed by atoms with Crippen molar-refractivity contribution in [2.75, 3.05) is 0 Å². The molecule has 4 nitrogen and oxygen atoms in total. The van der Waals surface area contributed by atoms with E-state index in [-0.39, 0.29) is 5.28 Å². The Labute approximate surface area is 109 Å². The molecule has 0 aliphatic carbocycles. The van der Waals surface area contributed by atoms with Crippen molar-refractivity contribution < 1.29 is 0 Å². The molecular formula is C13H11ClN4. The average molecular weight is 259 g/mol. The zero-order chi connectivity index (χ0) is 12.7. The molecular weight excluding hydrogens is 248 g/mol. The van der Waals surface area contributed by atoms with E-state index in [9.17, 15) is 0 Å². The molecule has 5 heteroatoms. The van der Waals surface area contributed by atoms with Crippen LogP contribution in [0, 0.1) is 13.8 Å². The van der Waals surface area contributed by atoms with Crippen LogP contribution in [0.4, 0.5) is 0 Å². The summed E-state index contributed by atoms with van der Waals surface area (Å²) < 4.78 is 1.80. The molecule has 18 heavy (non-hydrogen) atoms. The first kappa shape index (κ1) is 11.2. The molecule has 0 unspecified atom stereocenters. The summed E-state index contributed by atoms with van der Waals surface area (Å²) in [5.41, 5.74) is 2.79. The lowest BCUT2D eigenvalue weighted by atomic mass is 10.2. The lowest BCUT2D eigenvalue weighted by Gasteiger charge is -2.07. The minimum atomic E-state index is 0.233. The SMILES string of the molecule is Cc1cc(C)n(-c2nc(Cl)nc3ccccc23)n1. The summed E-state index contributed by atoms with van der Waals surface area (Å²) in [6.45, 7) is 3.94. The maximum absolute atomic E-state index is 5.97. The van der Waals surface area contributed by atoms with Gasteiger partial charge in [-0.1, -0.05) is 12.1 Å². The Morgan fingerprint density at radius 1 is 1.11 bits per heavy atom. The summed E-state index contributed by atoms with van der Waals surface area (Å²) in [5.74, 6) is 0.719. The first-order chi connectivity index (χ1) is 8.65. The standard InChI is InChI=1S/C13H11ClN4/c1-8-7-9(2)18(17-8)12-10-5-3-4-6-11(10)15-13(14)16-12/h3-7H,1-2H3. The molecule has 3 rings (SSSR count). The van der Waals surface area contributed by atoms with Gasteiger partial charge in [0, 0.05) is 11.1 Å². The highest BCUT2D eigenvalue weighted by atomic mass is 35.5. The topological polar surface area (TPSA) is 43.6 Å². The lowest BCUT2D eigenvalue weighted by Crippen LogP contribution is -2.04. The van der Waals surface area contributed by atoms with E-state index in [0.29, 0.717) is 0 Å². The Hall–Kier alpha value is -1.94. The number of aryl methyl sites for hydroxylation is 2.